The van der Waals surface area contributed by atoms with E-state index in [2.05, 4.69) is 0 Å². The molecule has 0 aliphatic carbocycles. The van der Waals surface area contributed by atoms with E-state index in [-0.39, 0.29) is 24.1 Å². The Morgan fingerprint density at radius 1 is 1.19 bits per heavy atom. The number of rotatable bonds is 3. The average Bonchev–Trinajstić information content (AvgIpc) is 2.49. The topological polar surface area (TPSA) is 66.6 Å². The molecule has 2 N–H and O–H groups in total. The van der Waals surface area contributed by atoms with Crippen molar-refractivity contribution >= 4 is 11.8 Å². The third-order valence-corrected chi connectivity index (χ3v) is 3.63. The maximum absolute atomic E-state index is 13.5. The molecule has 1 aliphatic rings. The summed E-state index contributed by atoms with van der Waals surface area (Å²) >= 11 is 0. The van der Waals surface area contributed by atoms with Gasteiger partial charge in [0.1, 0.15) is 5.82 Å². The van der Waals surface area contributed by atoms with Crippen molar-refractivity contribution in [1.29, 1.82) is 0 Å². The summed E-state index contributed by atoms with van der Waals surface area (Å²) in [4.78, 5) is 27.2. The molecular weight excluding hydrogens is 273 g/mol. The summed E-state index contributed by atoms with van der Waals surface area (Å²) in [5.74, 6) is -0.583. The van der Waals surface area contributed by atoms with Crippen LogP contribution >= 0.6 is 0 Å². The zero-order valence-corrected chi connectivity index (χ0v) is 12.1. The molecule has 114 valence electrons. The lowest BCUT2D eigenvalue weighted by molar-refractivity contribution is -0.139. The van der Waals surface area contributed by atoms with Gasteiger partial charge in [-0.15, -0.1) is 0 Å². The van der Waals surface area contributed by atoms with Gasteiger partial charge in [-0.3, -0.25) is 9.59 Å². The van der Waals surface area contributed by atoms with E-state index in [1.807, 2.05) is 0 Å². The number of halogens is 1. The number of amides is 2. The van der Waals surface area contributed by atoms with Gasteiger partial charge in [-0.1, -0.05) is 18.2 Å². The number of nitrogens with two attached hydrogens (primary N) is 1. The van der Waals surface area contributed by atoms with Crippen molar-refractivity contribution in [3.8, 4) is 0 Å². The Kier molecular flexibility index (Phi) is 4.90. The van der Waals surface area contributed by atoms with Crippen LogP contribution in [0.15, 0.2) is 24.3 Å². The van der Waals surface area contributed by atoms with Crippen molar-refractivity contribution in [3.05, 3.63) is 35.6 Å². The molecule has 2 amide bonds. The summed E-state index contributed by atoms with van der Waals surface area (Å²) in [6.07, 6.45) is 0.0495. The largest absolute Gasteiger partial charge is 0.339 e. The lowest BCUT2D eigenvalue weighted by Gasteiger charge is -2.35. The van der Waals surface area contributed by atoms with E-state index in [1.54, 1.807) is 34.9 Å². The molecule has 1 aromatic carbocycles. The maximum Gasteiger partial charge on any atom is 0.239 e. The maximum atomic E-state index is 13.5. The number of carbonyl (C=O) groups excluding carboxylic acids is 2. The first-order valence-electron chi connectivity index (χ1n) is 7.04. The Hall–Kier alpha value is -1.95. The van der Waals surface area contributed by atoms with Crippen molar-refractivity contribution in [3.63, 3.8) is 0 Å². The molecule has 5 nitrogen and oxygen atoms in total. The summed E-state index contributed by atoms with van der Waals surface area (Å²) in [6, 6.07) is 5.75. The van der Waals surface area contributed by atoms with Crippen LogP contribution in [0, 0.1) is 5.82 Å². The first-order valence-corrected chi connectivity index (χ1v) is 7.04. The number of nitrogens with zero attached hydrogens (tertiary/aromatic N) is 2. The second kappa shape index (κ2) is 6.67. The molecule has 0 radical (unpaired) electrons. The molecule has 6 heteroatoms. The Morgan fingerprint density at radius 2 is 1.76 bits per heavy atom. The predicted molar refractivity (Wildman–Crippen MR) is 76.9 cm³/mol. The summed E-state index contributed by atoms with van der Waals surface area (Å²) in [5.41, 5.74) is 5.97. The van der Waals surface area contributed by atoms with Crippen LogP contribution in [-0.2, 0) is 16.0 Å². The van der Waals surface area contributed by atoms with E-state index in [4.69, 9.17) is 5.73 Å². The standard InChI is InChI=1S/C15H20FN3O2/c1-11(17)15(21)19-8-6-18(7-9-19)14(20)10-12-4-2-3-5-13(12)16/h2-5,11H,6-10,17H2,1H3/t11-/m1/s1. The van der Waals surface area contributed by atoms with Crippen LogP contribution in [0.2, 0.25) is 0 Å². The Labute approximate surface area is 123 Å². The molecule has 0 unspecified atom stereocenters. The van der Waals surface area contributed by atoms with Gasteiger partial charge in [0, 0.05) is 26.2 Å². The molecule has 1 aromatic rings. The predicted octanol–water partition coefficient (Wildman–Crippen LogP) is 0.386. The molecule has 1 fully saturated rings. The molecule has 0 aromatic heterocycles. The highest BCUT2D eigenvalue weighted by Gasteiger charge is 2.25. The van der Waals surface area contributed by atoms with Crippen LogP contribution < -0.4 is 5.73 Å². The summed E-state index contributed by atoms with van der Waals surface area (Å²) in [5, 5.41) is 0. The lowest BCUT2D eigenvalue weighted by Crippen LogP contribution is -2.54. The van der Waals surface area contributed by atoms with E-state index in [1.165, 1.54) is 6.07 Å². The molecular formula is C15H20FN3O2. The molecule has 21 heavy (non-hydrogen) atoms. The van der Waals surface area contributed by atoms with Gasteiger partial charge in [0.15, 0.2) is 0 Å². The number of piperazine rings is 1. The van der Waals surface area contributed by atoms with Gasteiger partial charge < -0.3 is 15.5 Å². The van der Waals surface area contributed by atoms with Crippen LogP contribution in [0.3, 0.4) is 0 Å². The van der Waals surface area contributed by atoms with Crippen molar-refractivity contribution in [2.45, 2.75) is 19.4 Å². The van der Waals surface area contributed by atoms with Crippen molar-refractivity contribution in [2.24, 2.45) is 5.73 Å². The molecule has 0 bridgehead atoms. The Balaban J connectivity index is 1.89. The quantitative estimate of drug-likeness (QED) is 0.876. The first-order chi connectivity index (χ1) is 9.99. The third-order valence-electron chi connectivity index (χ3n) is 3.63. The second-order valence-corrected chi connectivity index (χ2v) is 5.26. The summed E-state index contributed by atoms with van der Waals surface area (Å²) in [7, 11) is 0. The number of benzene rings is 1. The van der Waals surface area contributed by atoms with Crippen LogP contribution in [0.4, 0.5) is 4.39 Å². The minimum atomic E-state index is -0.523. The normalized spacial score (nSPS) is 16.7. The highest BCUT2D eigenvalue weighted by molar-refractivity contribution is 5.82. The van der Waals surface area contributed by atoms with E-state index < -0.39 is 6.04 Å². The molecule has 1 heterocycles. The molecule has 1 aliphatic heterocycles. The smallest absolute Gasteiger partial charge is 0.239 e. The van der Waals surface area contributed by atoms with E-state index >= 15 is 0 Å². The monoisotopic (exact) mass is 293 g/mol. The fourth-order valence-corrected chi connectivity index (χ4v) is 2.38. The third kappa shape index (κ3) is 3.78. The van der Waals surface area contributed by atoms with Crippen LogP contribution in [0.5, 0.6) is 0 Å². The number of carbonyl (C=O) groups is 2. The van der Waals surface area contributed by atoms with Gasteiger partial charge in [0.25, 0.3) is 0 Å². The van der Waals surface area contributed by atoms with E-state index in [0.717, 1.165) is 0 Å². The number of hydrogen-bond acceptors (Lipinski definition) is 3. The van der Waals surface area contributed by atoms with Crippen molar-refractivity contribution < 1.29 is 14.0 Å². The molecule has 1 saturated heterocycles. The Bertz CT molecular complexity index is 525. The fraction of sp³-hybridized carbons (Fsp3) is 0.467. The molecule has 0 saturated carbocycles. The second-order valence-electron chi connectivity index (χ2n) is 5.26. The van der Waals surface area contributed by atoms with E-state index in [0.29, 0.717) is 31.7 Å². The van der Waals surface area contributed by atoms with Crippen molar-refractivity contribution in [1.82, 2.24) is 9.80 Å². The van der Waals surface area contributed by atoms with Crippen LogP contribution in [-0.4, -0.2) is 53.8 Å². The number of hydrogen-bond donors (Lipinski definition) is 1. The van der Waals surface area contributed by atoms with Gasteiger partial charge in [-0.2, -0.15) is 0 Å². The first kappa shape index (κ1) is 15.4. The summed E-state index contributed by atoms with van der Waals surface area (Å²) < 4.78 is 13.5. The van der Waals surface area contributed by atoms with Crippen LogP contribution in [0.1, 0.15) is 12.5 Å². The lowest BCUT2D eigenvalue weighted by atomic mass is 10.1. The molecule has 1 atom stereocenters. The zero-order chi connectivity index (χ0) is 15.4. The molecule has 0 spiro atoms. The van der Waals surface area contributed by atoms with Crippen molar-refractivity contribution in [2.75, 3.05) is 26.2 Å². The highest BCUT2D eigenvalue weighted by Crippen LogP contribution is 2.11. The summed E-state index contributed by atoms with van der Waals surface area (Å²) in [6.45, 7) is 3.53. The van der Waals surface area contributed by atoms with Gasteiger partial charge in [0.05, 0.1) is 12.5 Å². The minimum Gasteiger partial charge on any atom is -0.339 e. The van der Waals surface area contributed by atoms with E-state index in [9.17, 15) is 14.0 Å². The van der Waals surface area contributed by atoms with Gasteiger partial charge >= 0.3 is 0 Å². The molecule has 2 rings (SSSR count). The van der Waals surface area contributed by atoms with Crippen LogP contribution in [0.25, 0.3) is 0 Å². The highest BCUT2D eigenvalue weighted by atomic mass is 19.1. The fourth-order valence-electron chi connectivity index (χ4n) is 2.38. The van der Waals surface area contributed by atoms with Gasteiger partial charge in [0.2, 0.25) is 11.8 Å². The van der Waals surface area contributed by atoms with Gasteiger partial charge in [-0.05, 0) is 18.6 Å². The SMILES string of the molecule is C[C@@H](N)C(=O)N1CCN(C(=O)Cc2ccccc2F)CC1. The zero-order valence-electron chi connectivity index (χ0n) is 12.1. The Morgan fingerprint density at radius 3 is 2.33 bits per heavy atom. The minimum absolute atomic E-state index is 0.0495. The van der Waals surface area contributed by atoms with Gasteiger partial charge in [-0.25, -0.2) is 4.39 Å². The average molecular weight is 293 g/mol.